The molecule has 2 rings (SSSR count). The quantitative estimate of drug-likeness (QED) is 0.913. The number of rotatable bonds is 4. The first kappa shape index (κ1) is 13.4. The normalized spacial score (nSPS) is 12.0. The Bertz CT molecular complexity index is 570. The lowest BCUT2D eigenvalue weighted by molar-refractivity contribution is 0.397. The van der Waals surface area contributed by atoms with Gasteiger partial charge in [0.2, 0.25) is 0 Å². The summed E-state index contributed by atoms with van der Waals surface area (Å²) in [6.07, 6.45) is 0. The van der Waals surface area contributed by atoms with Gasteiger partial charge in [0, 0.05) is 12.1 Å². The molecule has 0 aliphatic rings. The standard InChI is InChI=1S/C15H16FNO2/c1-10(17)15-13(18-2)7-4-8-14(15)19-12-6-3-5-11(16)9-12/h3-10H,17H2,1-2H3. The molecule has 4 heteroatoms. The summed E-state index contributed by atoms with van der Waals surface area (Å²) >= 11 is 0. The van der Waals surface area contributed by atoms with Crippen molar-refractivity contribution in [2.24, 2.45) is 5.73 Å². The van der Waals surface area contributed by atoms with Gasteiger partial charge in [-0.3, -0.25) is 0 Å². The lowest BCUT2D eigenvalue weighted by Crippen LogP contribution is -2.08. The minimum Gasteiger partial charge on any atom is -0.496 e. The van der Waals surface area contributed by atoms with Crippen LogP contribution in [-0.2, 0) is 0 Å². The van der Waals surface area contributed by atoms with Crippen molar-refractivity contribution in [3.8, 4) is 17.2 Å². The largest absolute Gasteiger partial charge is 0.496 e. The molecule has 0 aromatic heterocycles. The second-order valence-electron chi connectivity index (χ2n) is 4.22. The van der Waals surface area contributed by atoms with Crippen LogP contribution in [0.4, 0.5) is 4.39 Å². The van der Waals surface area contributed by atoms with Crippen LogP contribution < -0.4 is 15.2 Å². The number of methoxy groups -OCH3 is 1. The minimum atomic E-state index is -0.345. The number of hydrogen-bond donors (Lipinski definition) is 1. The van der Waals surface area contributed by atoms with Gasteiger partial charge in [0.15, 0.2) is 0 Å². The molecular formula is C15H16FNO2. The molecule has 2 N–H and O–H groups in total. The van der Waals surface area contributed by atoms with Gasteiger partial charge in [-0.15, -0.1) is 0 Å². The van der Waals surface area contributed by atoms with E-state index in [-0.39, 0.29) is 11.9 Å². The molecular weight excluding hydrogens is 245 g/mol. The van der Waals surface area contributed by atoms with E-state index in [0.29, 0.717) is 17.2 Å². The smallest absolute Gasteiger partial charge is 0.135 e. The number of benzene rings is 2. The van der Waals surface area contributed by atoms with E-state index in [1.165, 1.54) is 12.1 Å². The third-order valence-corrected chi connectivity index (χ3v) is 2.73. The first-order valence-corrected chi connectivity index (χ1v) is 5.97. The Hall–Kier alpha value is -2.07. The molecule has 0 saturated heterocycles. The highest BCUT2D eigenvalue weighted by Gasteiger charge is 2.15. The molecule has 0 spiro atoms. The highest BCUT2D eigenvalue weighted by atomic mass is 19.1. The number of halogens is 1. The summed E-state index contributed by atoms with van der Waals surface area (Å²) in [7, 11) is 1.58. The molecule has 0 fully saturated rings. The molecule has 0 aliphatic carbocycles. The average Bonchev–Trinajstić information content (AvgIpc) is 2.38. The van der Waals surface area contributed by atoms with Gasteiger partial charge in [0.05, 0.1) is 12.7 Å². The third-order valence-electron chi connectivity index (χ3n) is 2.73. The van der Waals surface area contributed by atoms with Crippen LogP contribution >= 0.6 is 0 Å². The number of nitrogens with two attached hydrogens (primary N) is 1. The predicted molar refractivity (Wildman–Crippen MR) is 72.1 cm³/mol. The van der Waals surface area contributed by atoms with E-state index in [1.54, 1.807) is 31.4 Å². The highest BCUT2D eigenvalue weighted by molar-refractivity contribution is 5.48. The third kappa shape index (κ3) is 3.03. The predicted octanol–water partition coefficient (Wildman–Crippen LogP) is 3.65. The zero-order valence-electron chi connectivity index (χ0n) is 10.9. The summed E-state index contributed by atoms with van der Waals surface area (Å²) in [6.45, 7) is 1.84. The van der Waals surface area contributed by atoms with Crippen LogP contribution in [0.5, 0.6) is 17.2 Å². The highest BCUT2D eigenvalue weighted by Crippen LogP contribution is 2.35. The van der Waals surface area contributed by atoms with Gasteiger partial charge in [-0.1, -0.05) is 12.1 Å². The van der Waals surface area contributed by atoms with Crippen LogP contribution in [0.1, 0.15) is 18.5 Å². The SMILES string of the molecule is COc1cccc(Oc2cccc(F)c2)c1C(C)N. The number of hydrogen-bond acceptors (Lipinski definition) is 3. The Morgan fingerprint density at radius 3 is 2.42 bits per heavy atom. The second-order valence-corrected chi connectivity index (χ2v) is 4.22. The molecule has 1 atom stereocenters. The maximum Gasteiger partial charge on any atom is 0.135 e. The fraction of sp³-hybridized carbons (Fsp3) is 0.200. The Labute approximate surface area is 111 Å². The summed E-state index contributed by atoms with van der Waals surface area (Å²) in [6, 6.07) is 11.1. The molecule has 0 radical (unpaired) electrons. The van der Waals surface area contributed by atoms with Crippen molar-refractivity contribution in [2.45, 2.75) is 13.0 Å². The Kier molecular flexibility index (Phi) is 4.02. The van der Waals surface area contributed by atoms with Crippen molar-refractivity contribution in [3.63, 3.8) is 0 Å². The Balaban J connectivity index is 2.39. The molecule has 0 aliphatic heterocycles. The van der Waals surface area contributed by atoms with Gasteiger partial charge < -0.3 is 15.2 Å². The van der Waals surface area contributed by atoms with E-state index in [2.05, 4.69) is 0 Å². The van der Waals surface area contributed by atoms with Crippen LogP contribution in [0, 0.1) is 5.82 Å². The van der Waals surface area contributed by atoms with E-state index >= 15 is 0 Å². The molecule has 19 heavy (non-hydrogen) atoms. The molecule has 0 bridgehead atoms. The Morgan fingerprint density at radius 2 is 1.79 bits per heavy atom. The molecule has 1 unspecified atom stereocenters. The number of ether oxygens (including phenoxy) is 2. The molecule has 2 aromatic rings. The monoisotopic (exact) mass is 261 g/mol. The fourth-order valence-corrected chi connectivity index (χ4v) is 1.90. The van der Waals surface area contributed by atoms with Gasteiger partial charge in [0.25, 0.3) is 0 Å². The van der Waals surface area contributed by atoms with Crippen LogP contribution in [0.3, 0.4) is 0 Å². The first-order valence-electron chi connectivity index (χ1n) is 5.97. The van der Waals surface area contributed by atoms with Crippen molar-refractivity contribution in [1.82, 2.24) is 0 Å². The summed E-state index contributed by atoms with van der Waals surface area (Å²) in [5, 5.41) is 0. The van der Waals surface area contributed by atoms with Crippen molar-refractivity contribution >= 4 is 0 Å². The van der Waals surface area contributed by atoms with E-state index < -0.39 is 0 Å². The summed E-state index contributed by atoms with van der Waals surface area (Å²) < 4.78 is 24.1. The van der Waals surface area contributed by atoms with E-state index in [4.69, 9.17) is 15.2 Å². The van der Waals surface area contributed by atoms with Crippen LogP contribution in [0.15, 0.2) is 42.5 Å². The Morgan fingerprint density at radius 1 is 1.11 bits per heavy atom. The summed E-state index contributed by atoms with van der Waals surface area (Å²) in [5.74, 6) is 1.31. The van der Waals surface area contributed by atoms with E-state index in [9.17, 15) is 4.39 Å². The molecule has 3 nitrogen and oxygen atoms in total. The zero-order chi connectivity index (χ0) is 13.8. The fourth-order valence-electron chi connectivity index (χ4n) is 1.90. The molecule has 100 valence electrons. The minimum absolute atomic E-state index is 0.250. The second kappa shape index (κ2) is 5.71. The molecule has 2 aromatic carbocycles. The van der Waals surface area contributed by atoms with Crippen LogP contribution in [0.2, 0.25) is 0 Å². The zero-order valence-corrected chi connectivity index (χ0v) is 10.9. The maximum atomic E-state index is 13.1. The topological polar surface area (TPSA) is 44.5 Å². The molecule has 0 saturated carbocycles. The molecule has 0 heterocycles. The summed E-state index contributed by atoms with van der Waals surface area (Å²) in [4.78, 5) is 0. The van der Waals surface area contributed by atoms with Crippen molar-refractivity contribution in [2.75, 3.05) is 7.11 Å². The lowest BCUT2D eigenvalue weighted by Gasteiger charge is -2.17. The average molecular weight is 261 g/mol. The van der Waals surface area contributed by atoms with E-state index in [1.807, 2.05) is 13.0 Å². The van der Waals surface area contributed by atoms with E-state index in [0.717, 1.165) is 5.56 Å². The van der Waals surface area contributed by atoms with Gasteiger partial charge in [-0.25, -0.2) is 4.39 Å². The van der Waals surface area contributed by atoms with Gasteiger partial charge in [-0.2, -0.15) is 0 Å². The van der Waals surface area contributed by atoms with Crippen molar-refractivity contribution in [3.05, 3.63) is 53.8 Å². The molecule has 0 amide bonds. The van der Waals surface area contributed by atoms with Crippen LogP contribution in [0.25, 0.3) is 0 Å². The van der Waals surface area contributed by atoms with Crippen molar-refractivity contribution < 1.29 is 13.9 Å². The lowest BCUT2D eigenvalue weighted by atomic mass is 10.1. The van der Waals surface area contributed by atoms with Crippen molar-refractivity contribution in [1.29, 1.82) is 0 Å². The van der Waals surface area contributed by atoms with Gasteiger partial charge in [0.1, 0.15) is 23.1 Å². The summed E-state index contributed by atoms with van der Waals surface area (Å²) in [5.41, 5.74) is 6.70. The van der Waals surface area contributed by atoms with Crippen LogP contribution in [-0.4, -0.2) is 7.11 Å². The maximum absolute atomic E-state index is 13.1. The van der Waals surface area contributed by atoms with Gasteiger partial charge >= 0.3 is 0 Å². The first-order chi connectivity index (χ1) is 9.11. The van der Waals surface area contributed by atoms with Gasteiger partial charge in [-0.05, 0) is 31.2 Å².